The lowest BCUT2D eigenvalue weighted by molar-refractivity contribution is -0.121. The third-order valence-corrected chi connectivity index (χ3v) is 4.21. The molecule has 0 radical (unpaired) electrons. The molecule has 2 N–H and O–H groups in total. The van der Waals surface area contributed by atoms with E-state index in [9.17, 15) is 4.79 Å². The highest BCUT2D eigenvalue weighted by atomic mass is 79.9. The number of carbonyl (C=O) groups is 1. The molecule has 0 spiro atoms. The third-order valence-electron chi connectivity index (χ3n) is 3.68. The van der Waals surface area contributed by atoms with Gasteiger partial charge >= 0.3 is 0 Å². The maximum Gasteiger partial charge on any atom is 0.221 e. The van der Waals surface area contributed by atoms with Gasteiger partial charge in [0.05, 0.1) is 0 Å². The minimum absolute atomic E-state index is 0.0636. The maximum absolute atomic E-state index is 12.0. The summed E-state index contributed by atoms with van der Waals surface area (Å²) in [5.74, 6) is 0.444. The van der Waals surface area contributed by atoms with Gasteiger partial charge in [-0.3, -0.25) is 4.79 Å². The van der Waals surface area contributed by atoms with Gasteiger partial charge in [0, 0.05) is 29.5 Å². The van der Waals surface area contributed by atoms with Crippen molar-refractivity contribution in [2.45, 2.75) is 31.7 Å². The monoisotopic (exact) mass is 337 g/mol. The number of hydrogen-bond acceptors (Lipinski definition) is 2. The fourth-order valence-electron chi connectivity index (χ4n) is 2.47. The van der Waals surface area contributed by atoms with E-state index in [1.54, 1.807) is 0 Å². The zero-order valence-electron chi connectivity index (χ0n) is 11.6. The number of amides is 1. The predicted octanol–water partition coefficient (Wildman–Crippen LogP) is 3.00. The zero-order chi connectivity index (χ0) is 14.5. The first-order valence-electron chi connectivity index (χ1n) is 6.92. The van der Waals surface area contributed by atoms with Crippen molar-refractivity contribution in [2.75, 3.05) is 6.61 Å². The average molecular weight is 338 g/mol. The number of aliphatic hydroxyl groups is 1. The fraction of sp³-hybridized carbons (Fsp3) is 0.438. The average Bonchev–Trinajstić information content (AvgIpc) is 2.86. The lowest BCUT2D eigenvalue weighted by Gasteiger charge is -2.16. The van der Waals surface area contributed by atoms with Crippen molar-refractivity contribution in [3.8, 4) is 0 Å². The van der Waals surface area contributed by atoms with Crippen LogP contribution in [-0.4, -0.2) is 23.7 Å². The van der Waals surface area contributed by atoms with E-state index in [1.165, 1.54) is 5.56 Å². The van der Waals surface area contributed by atoms with Gasteiger partial charge in [-0.05, 0) is 30.0 Å². The number of halogens is 1. The molecular formula is C16H20BrNO2. The van der Waals surface area contributed by atoms with Crippen LogP contribution in [0.25, 0.3) is 0 Å². The van der Waals surface area contributed by atoms with Crippen LogP contribution in [0, 0.1) is 5.92 Å². The van der Waals surface area contributed by atoms with Crippen LogP contribution in [-0.2, 0) is 4.79 Å². The van der Waals surface area contributed by atoms with E-state index < -0.39 is 0 Å². The van der Waals surface area contributed by atoms with Crippen LogP contribution in [0.5, 0.6) is 0 Å². The molecule has 1 unspecified atom stereocenters. The van der Waals surface area contributed by atoms with Gasteiger partial charge in [0.1, 0.15) is 0 Å². The van der Waals surface area contributed by atoms with Gasteiger partial charge in [-0.15, -0.1) is 0 Å². The van der Waals surface area contributed by atoms with Crippen molar-refractivity contribution >= 4 is 21.8 Å². The topological polar surface area (TPSA) is 49.3 Å². The van der Waals surface area contributed by atoms with E-state index in [1.807, 2.05) is 36.4 Å². The normalized spacial score (nSPS) is 22.8. The molecule has 0 heterocycles. The molecule has 0 fully saturated rings. The summed E-state index contributed by atoms with van der Waals surface area (Å²) >= 11 is 3.41. The van der Waals surface area contributed by atoms with Crippen molar-refractivity contribution in [3.05, 3.63) is 46.5 Å². The van der Waals surface area contributed by atoms with Crippen molar-refractivity contribution in [1.82, 2.24) is 5.32 Å². The molecule has 0 saturated heterocycles. The molecule has 1 amide bonds. The molecule has 1 aromatic rings. The highest BCUT2D eigenvalue weighted by molar-refractivity contribution is 9.10. The number of hydrogen-bond donors (Lipinski definition) is 2. The Morgan fingerprint density at radius 1 is 1.40 bits per heavy atom. The summed E-state index contributed by atoms with van der Waals surface area (Å²) in [6.45, 7) is 2.21. The van der Waals surface area contributed by atoms with E-state index in [-0.39, 0.29) is 30.4 Å². The molecule has 0 aromatic heterocycles. The van der Waals surface area contributed by atoms with E-state index in [0.29, 0.717) is 6.42 Å². The number of rotatable bonds is 5. The van der Waals surface area contributed by atoms with Crippen molar-refractivity contribution in [3.63, 3.8) is 0 Å². The Bertz CT molecular complexity index is 484. The second-order valence-corrected chi connectivity index (χ2v) is 6.31. The lowest BCUT2D eigenvalue weighted by Crippen LogP contribution is -2.33. The van der Waals surface area contributed by atoms with E-state index in [2.05, 4.69) is 28.2 Å². The SMILES string of the molecule is CC(CC(=O)N[C@@H]1C=C[C@H](CO)C1)c1ccc(Br)cc1. The molecule has 20 heavy (non-hydrogen) atoms. The smallest absolute Gasteiger partial charge is 0.221 e. The highest BCUT2D eigenvalue weighted by Crippen LogP contribution is 2.22. The minimum Gasteiger partial charge on any atom is -0.396 e. The van der Waals surface area contributed by atoms with Gasteiger partial charge in [-0.2, -0.15) is 0 Å². The molecule has 2 rings (SSSR count). The summed E-state index contributed by atoms with van der Waals surface area (Å²) < 4.78 is 1.05. The quantitative estimate of drug-likeness (QED) is 0.811. The Balaban J connectivity index is 1.82. The zero-order valence-corrected chi connectivity index (χ0v) is 13.1. The Labute approximate surface area is 128 Å². The summed E-state index contributed by atoms with van der Waals surface area (Å²) in [4.78, 5) is 12.0. The largest absolute Gasteiger partial charge is 0.396 e. The van der Waals surface area contributed by atoms with Crippen LogP contribution in [0.1, 0.15) is 31.2 Å². The molecular weight excluding hydrogens is 318 g/mol. The second kappa shape index (κ2) is 7.04. The Hall–Kier alpha value is -1.13. The van der Waals surface area contributed by atoms with Crippen molar-refractivity contribution in [2.24, 2.45) is 5.92 Å². The standard InChI is InChI=1S/C16H20BrNO2/c1-11(13-3-5-14(17)6-4-13)8-16(20)18-15-7-2-12(9-15)10-19/h2-7,11-12,15,19H,8-10H2,1H3,(H,18,20)/t11?,12-,15+/m0/s1. The van der Waals surface area contributed by atoms with Crippen LogP contribution in [0.3, 0.4) is 0 Å². The van der Waals surface area contributed by atoms with Crippen molar-refractivity contribution in [1.29, 1.82) is 0 Å². The van der Waals surface area contributed by atoms with Gasteiger partial charge in [-0.1, -0.05) is 47.1 Å². The van der Waals surface area contributed by atoms with Crippen molar-refractivity contribution < 1.29 is 9.90 Å². The molecule has 0 saturated carbocycles. The van der Waals surface area contributed by atoms with Gasteiger partial charge in [0.2, 0.25) is 5.91 Å². The van der Waals surface area contributed by atoms with Gasteiger partial charge in [-0.25, -0.2) is 0 Å². The van der Waals surface area contributed by atoms with Crippen LogP contribution in [0.15, 0.2) is 40.9 Å². The van der Waals surface area contributed by atoms with Gasteiger partial charge in [0.25, 0.3) is 0 Å². The van der Waals surface area contributed by atoms with E-state index in [4.69, 9.17) is 5.11 Å². The predicted molar refractivity (Wildman–Crippen MR) is 83.4 cm³/mol. The molecule has 3 nitrogen and oxygen atoms in total. The lowest BCUT2D eigenvalue weighted by atomic mass is 9.97. The summed E-state index contributed by atoms with van der Waals surface area (Å²) in [5.41, 5.74) is 1.17. The molecule has 108 valence electrons. The fourth-order valence-corrected chi connectivity index (χ4v) is 2.73. The number of carbonyl (C=O) groups excluding carboxylic acids is 1. The number of nitrogens with one attached hydrogen (secondary N) is 1. The molecule has 0 aliphatic heterocycles. The summed E-state index contributed by atoms with van der Waals surface area (Å²) in [5, 5.41) is 12.1. The van der Waals surface area contributed by atoms with Crippen LogP contribution in [0.4, 0.5) is 0 Å². The summed E-state index contributed by atoms with van der Waals surface area (Å²) in [6, 6.07) is 8.14. The summed E-state index contributed by atoms with van der Waals surface area (Å²) in [6.07, 6.45) is 5.23. The third kappa shape index (κ3) is 4.18. The Morgan fingerprint density at radius 3 is 2.70 bits per heavy atom. The molecule has 1 aliphatic carbocycles. The second-order valence-electron chi connectivity index (χ2n) is 5.39. The van der Waals surface area contributed by atoms with Gasteiger partial charge in [0.15, 0.2) is 0 Å². The molecule has 4 heteroatoms. The highest BCUT2D eigenvalue weighted by Gasteiger charge is 2.20. The molecule has 0 bridgehead atoms. The number of aliphatic hydroxyl groups excluding tert-OH is 1. The molecule has 3 atom stereocenters. The van der Waals surface area contributed by atoms with E-state index >= 15 is 0 Å². The van der Waals surface area contributed by atoms with Gasteiger partial charge < -0.3 is 10.4 Å². The van der Waals surface area contributed by atoms with Crippen LogP contribution in [0.2, 0.25) is 0 Å². The maximum atomic E-state index is 12.0. The molecule has 1 aromatic carbocycles. The minimum atomic E-state index is 0.0636. The van der Waals surface area contributed by atoms with E-state index in [0.717, 1.165) is 10.9 Å². The molecule has 1 aliphatic rings. The van der Waals surface area contributed by atoms with Crippen LogP contribution < -0.4 is 5.32 Å². The number of benzene rings is 1. The summed E-state index contributed by atoms with van der Waals surface area (Å²) in [7, 11) is 0. The first-order valence-corrected chi connectivity index (χ1v) is 7.71. The Morgan fingerprint density at radius 2 is 2.10 bits per heavy atom. The first-order chi connectivity index (χ1) is 9.58. The Kier molecular flexibility index (Phi) is 5.38. The van der Waals surface area contributed by atoms with Crippen LogP contribution >= 0.6 is 15.9 Å². The first kappa shape index (κ1) is 15.3.